The van der Waals surface area contributed by atoms with Crippen molar-refractivity contribution in [3.8, 4) is 22.9 Å². The Morgan fingerprint density at radius 1 is 1.25 bits per heavy atom. The molecule has 1 atom stereocenters. The van der Waals surface area contributed by atoms with Gasteiger partial charge in [0.1, 0.15) is 5.82 Å². The van der Waals surface area contributed by atoms with Gasteiger partial charge in [-0.1, -0.05) is 6.07 Å². The van der Waals surface area contributed by atoms with Crippen LogP contribution in [-0.4, -0.2) is 35.0 Å². The van der Waals surface area contributed by atoms with Gasteiger partial charge >= 0.3 is 0 Å². The second kappa shape index (κ2) is 5.13. The lowest BCUT2D eigenvalue weighted by atomic mass is 10.1. The van der Waals surface area contributed by atoms with Crippen LogP contribution in [0.5, 0.6) is 11.5 Å². The highest BCUT2D eigenvalue weighted by Crippen LogP contribution is 2.37. The van der Waals surface area contributed by atoms with E-state index in [1.807, 2.05) is 18.2 Å². The normalized spacial score (nSPS) is 17.6. The standard InChI is InChI=1S/C14H18N4O2/c1-19-11-5-3-4-10(13(11)20-2)14-17-16-12-7-6-9(15)8-18(12)14/h3-5,9H,6-8,15H2,1-2H3. The lowest BCUT2D eigenvalue weighted by Crippen LogP contribution is -2.32. The summed E-state index contributed by atoms with van der Waals surface area (Å²) in [4.78, 5) is 0. The van der Waals surface area contributed by atoms with Crippen LogP contribution in [-0.2, 0) is 13.0 Å². The summed E-state index contributed by atoms with van der Waals surface area (Å²) in [5, 5.41) is 8.57. The summed E-state index contributed by atoms with van der Waals surface area (Å²) >= 11 is 0. The third-order valence-electron chi connectivity index (χ3n) is 3.63. The molecule has 1 aromatic carbocycles. The van der Waals surface area contributed by atoms with Crippen molar-refractivity contribution >= 4 is 0 Å². The molecule has 1 aliphatic heterocycles. The predicted molar refractivity (Wildman–Crippen MR) is 74.9 cm³/mol. The van der Waals surface area contributed by atoms with Gasteiger partial charge in [-0.05, 0) is 18.6 Å². The van der Waals surface area contributed by atoms with Gasteiger partial charge in [0.15, 0.2) is 17.3 Å². The van der Waals surface area contributed by atoms with E-state index >= 15 is 0 Å². The van der Waals surface area contributed by atoms with Crippen LogP contribution < -0.4 is 15.2 Å². The van der Waals surface area contributed by atoms with Crippen molar-refractivity contribution in [2.45, 2.75) is 25.4 Å². The Kier molecular flexibility index (Phi) is 3.31. The van der Waals surface area contributed by atoms with Crippen LogP contribution >= 0.6 is 0 Å². The first kappa shape index (κ1) is 12.9. The van der Waals surface area contributed by atoms with Gasteiger partial charge in [-0.2, -0.15) is 0 Å². The molecule has 0 fully saturated rings. The molecule has 2 N–H and O–H groups in total. The number of benzene rings is 1. The number of aryl methyl sites for hydroxylation is 1. The minimum atomic E-state index is 0.147. The number of fused-ring (bicyclic) bond motifs is 1. The Labute approximate surface area is 117 Å². The molecule has 20 heavy (non-hydrogen) atoms. The molecule has 0 bridgehead atoms. The van der Waals surface area contributed by atoms with Crippen molar-refractivity contribution < 1.29 is 9.47 Å². The Morgan fingerprint density at radius 2 is 2.10 bits per heavy atom. The average Bonchev–Trinajstić information content (AvgIpc) is 2.89. The van der Waals surface area contributed by atoms with E-state index in [-0.39, 0.29) is 6.04 Å². The number of para-hydroxylation sites is 1. The van der Waals surface area contributed by atoms with Crippen molar-refractivity contribution in [2.75, 3.05) is 14.2 Å². The Balaban J connectivity index is 2.12. The molecule has 6 heteroatoms. The maximum Gasteiger partial charge on any atom is 0.171 e. The van der Waals surface area contributed by atoms with E-state index in [0.717, 1.165) is 36.6 Å². The lowest BCUT2D eigenvalue weighted by molar-refractivity contribution is 0.355. The largest absolute Gasteiger partial charge is 0.493 e. The number of ether oxygens (including phenoxy) is 2. The fraction of sp³-hybridized carbons (Fsp3) is 0.429. The van der Waals surface area contributed by atoms with Crippen molar-refractivity contribution in [3.63, 3.8) is 0 Å². The van der Waals surface area contributed by atoms with Gasteiger partial charge in [-0.3, -0.25) is 0 Å². The molecule has 0 radical (unpaired) electrons. The molecule has 0 aliphatic carbocycles. The molecular formula is C14H18N4O2. The zero-order chi connectivity index (χ0) is 14.1. The van der Waals surface area contributed by atoms with Crippen LogP contribution in [0.4, 0.5) is 0 Å². The van der Waals surface area contributed by atoms with Gasteiger partial charge in [-0.25, -0.2) is 0 Å². The molecule has 0 spiro atoms. The van der Waals surface area contributed by atoms with Crippen molar-refractivity contribution in [2.24, 2.45) is 5.73 Å². The summed E-state index contributed by atoms with van der Waals surface area (Å²) in [5.41, 5.74) is 6.92. The third-order valence-corrected chi connectivity index (χ3v) is 3.63. The van der Waals surface area contributed by atoms with E-state index in [0.29, 0.717) is 11.5 Å². The SMILES string of the molecule is COc1cccc(-c2nnc3n2CC(N)CC3)c1OC. The molecule has 1 unspecified atom stereocenters. The summed E-state index contributed by atoms with van der Waals surface area (Å²) in [7, 11) is 3.25. The molecule has 1 aliphatic rings. The summed E-state index contributed by atoms with van der Waals surface area (Å²) < 4.78 is 12.9. The minimum Gasteiger partial charge on any atom is -0.493 e. The van der Waals surface area contributed by atoms with Crippen LogP contribution in [0.1, 0.15) is 12.2 Å². The molecule has 1 aromatic heterocycles. The van der Waals surface area contributed by atoms with Gasteiger partial charge < -0.3 is 19.8 Å². The minimum absolute atomic E-state index is 0.147. The summed E-state index contributed by atoms with van der Waals surface area (Å²) in [6, 6.07) is 5.88. The van der Waals surface area contributed by atoms with Gasteiger partial charge in [0.25, 0.3) is 0 Å². The topological polar surface area (TPSA) is 75.2 Å². The van der Waals surface area contributed by atoms with Gasteiger partial charge in [0.05, 0.1) is 19.8 Å². The molecule has 106 valence electrons. The lowest BCUT2D eigenvalue weighted by Gasteiger charge is -2.21. The average molecular weight is 274 g/mol. The van der Waals surface area contributed by atoms with Crippen molar-refractivity contribution in [3.05, 3.63) is 24.0 Å². The molecule has 6 nitrogen and oxygen atoms in total. The molecule has 0 saturated heterocycles. The fourth-order valence-electron chi connectivity index (χ4n) is 2.61. The van der Waals surface area contributed by atoms with E-state index in [2.05, 4.69) is 14.8 Å². The first-order valence-electron chi connectivity index (χ1n) is 6.63. The summed E-state index contributed by atoms with van der Waals surface area (Å²) in [6.45, 7) is 0.734. The van der Waals surface area contributed by atoms with Crippen LogP contribution in [0, 0.1) is 0 Å². The van der Waals surface area contributed by atoms with Crippen LogP contribution in [0.2, 0.25) is 0 Å². The van der Waals surface area contributed by atoms with Crippen LogP contribution in [0.3, 0.4) is 0 Å². The zero-order valence-corrected chi connectivity index (χ0v) is 11.7. The second-order valence-electron chi connectivity index (χ2n) is 4.89. The van der Waals surface area contributed by atoms with Gasteiger partial charge in [0, 0.05) is 19.0 Å². The number of rotatable bonds is 3. The highest BCUT2D eigenvalue weighted by Gasteiger charge is 2.23. The quantitative estimate of drug-likeness (QED) is 0.911. The number of nitrogens with zero attached hydrogens (tertiary/aromatic N) is 3. The van der Waals surface area contributed by atoms with Crippen molar-refractivity contribution in [1.29, 1.82) is 0 Å². The first-order valence-corrected chi connectivity index (χ1v) is 6.63. The van der Waals surface area contributed by atoms with E-state index in [9.17, 15) is 0 Å². The maximum absolute atomic E-state index is 6.05. The van der Waals surface area contributed by atoms with E-state index in [1.165, 1.54) is 0 Å². The monoisotopic (exact) mass is 274 g/mol. The first-order chi connectivity index (χ1) is 9.74. The Hall–Kier alpha value is -2.08. The highest BCUT2D eigenvalue weighted by atomic mass is 16.5. The third kappa shape index (κ3) is 2.02. The second-order valence-corrected chi connectivity index (χ2v) is 4.89. The predicted octanol–water partition coefficient (Wildman–Crippen LogP) is 1.24. The van der Waals surface area contributed by atoms with E-state index < -0.39 is 0 Å². The Bertz CT molecular complexity index is 624. The highest BCUT2D eigenvalue weighted by molar-refractivity contribution is 5.69. The molecule has 0 amide bonds. The van der Waals surface area contributed by atoms with Gasteiger partial charge in [-0.15, -0.1) is 10.2 Å². The van der Waals surface area contributed by atoms with Gasteiger partial charge in [0.2, 0.25) is 0 Å². The molecule has 2 heterocycles. The number of aromatic nitrogens is 3. The number of nitrogens with two attached hydrogens (primary N) is 1. The van der Waals surface area contributed by atoms with E-state index in [1.54, 1.807) is 14.2 Å². The zero-order valence-electron chi connectivity index (χ0n) is 11.7. The summed E-state index contributed by atoms with van der Waals surface area (Å²) in [5.74, 6) is 3.12. The molecule has 2 aromatic rings. The number of methoxy groups -OCH3 is 2. The van der Waals surface area contributed by atoms with Crippen LogP contribution in [0.15, 0.2) is 18.2 Å². The van der Waals surface area contributed by atoms with Crippen LogP contribution in [0.25, 0.3) is 11.4 Å². The fourth-order valence-corrected chi connectivity index (χ4v) is 2.61. The number of hydrogen-bond donors (Lipinski definition) is 1. The Morgan fingerprint density at radius 3 is 2.85 bits per heavy atom. The van der Waals surface area contributed by atoms with E-state index in [4.69, 9.17) is 15.2 Å². The molecule has 3 rings (SSSR count). The smallest absolute Gasteiger partial charge is 0.171 e. The van der Waals surface area contributed by atoms with Crippen molar-refractivity contribution in [1.82, 2.24) is 14.8 Å². The number of hydrogen-bond acceptors (Lipinski definition) is 5. The molecule has 0 saturated carbocycles. The maximum atomic E-state index is 6.05. The summed E-state index contributed by atoms with van der Waals surface area (Å²) in [6.07, 6.45) is 1.81. The molecular weight excluding hydrogens is 256 g/mol.